The number of nitrogens with two attached hydrogens (primary N) is 2. The minimum atomic E-state index is -0.916. The zero-order chi connectivity index (χ0) is 97.1. The second kappa shape index (κ2) is 66.9. The van der Waals surface area contributed by atoms with Crippen molar-refractivity contribution in [1.29, 1.82) is 0 Å². The van der Waals surface area contributed by atoms with Crippen LogP contribution in [0.15, 0.2) is 111 Å². The summed E-state index contributed by atoms with van der Waals surface area (Å²) in [6.07, 6.45) is 37.7. The monoisotopic (exact) mass is 1950 g/mol. The summed E-state index contributed by atoms with van der Waals surface area (Å²) < 4.78 is 33.6. The average molecular weight is 1950 g/mol. The number of carboxylic acid groups (broad SMARTS) is 1. The number of Topliss-reactive ketones (excluding diaryl/α,β-unsaturated/α-hetero) is 4. The van der Waals surface area contributed by atoms with Gasteiger partial charge in [-0.15, -0.1) is 0 Å². The molecule has 0 saturated carbocycles. The number of carbonyl (C=O) groups excluding carboxylic acids is 8. The molecule has 34 nitrogen and oxygen atoms in total. The highest BCUT2D eigenvalue weighted by Gasteiger charge is 2.29. The van der Waals surface area contributed by atoms with Gasteiger partial charge in [-0.25, -0.2) is 0 Å². The Hall–Kier alpha value is -9.41. The van der Waals surface area contributed by atoms with E-state index < -0.39 is 5.97 Å². The quantitative estimate of drug-likeness (QED) is 0.0100. The van der Waals surface area contributed by atoms with Gasteiger partial charge in [0.1, 0.15) is 97.3 Å². The van der Waals surface area contributed by atoms with Crippen LogP contribution in [-0.4, -0.2) is 300 Å². The smallest absolute Gasteiger partial charge is 0.303 e. The average Bonchev–Trinajstić information content (AvgIpc) is 1.78. The van der Waals surface area contributed by atoms with Crippen molar-refractivity contribution in [2.45, 2.75) is 186 Å². The number of aliphatic carboxylic acids is 1. The Bertz CT molecular complexity index is 4340. The van der Waals surface area contributed by atoms with E-state index in [0.29, 0.717) is 151 Å². The van der Waals surface area contributed by atoms with E-state index in [2.05, 4.69) is 170 Å². The number of ketones is 4. The minimum Gasteiger partial charge on any atom is -0.491 e. The van der Waals surface area contributed by atoms with E-state index in [0.717, 1.165) is 73.5 Å². The van der Waals surface area contributed by atoms with Crippen LogP contribution in [0, 0.1) is 0 Å². The molecule has 6 aromatic heterocycles. The number of rotatable bonds is 42. The third-order valence-corrected chi connectivity index (χ3v) is 24.3. The number of likely N-dealkylation sites (tertiary alicyclic amines) is 6. The number of carboxylic acids is 1. The molecular formula is C96H147BrN18O16S2. The molecule has 0 aromatic carbocycles. The number of thiol groups is 1. The predicted octanol–water partition coefficient (Wildman–Crippen LogP) is 10.6. The number of thioether (sulfide) groups is 1. The van der Waals surface area contributed by atoms with Crippen molar-refractivity contribution in [3.05, 3.63) is 144 Å². The lowest BCUT2D eigenvalue weighted by atomic mass is 10.1. The van der Waals surface area contributed by atoms with Crippen LogP contribution in [-0.2, 0) is 43.2 Å². The predicted molar refractivity (Wildman–Crippen MR) is 525 cm³/mol. The van der Waals surface area contributed by atoms with Crippen molar-refractivity contribution in [3.8, 4) is 34.5 Å². The minimum absolute atomic E-state index is 0.00746. The highest BCUT2D eigenvalue weighted by molar-refractivity contribution is 9.09. The summed E-state index contributed by atoms with van der Waals surface area (Å²) in [6, 6.07) is 15.0. The Morgan fingerprint density at radius 2 is 0.617 bits per heavy atom. The van der Waals surface area contributed by atoms with Crippen molar-refractivity contribution in [2.24, 2.45) is 11.5 Å². The molecule has 6 aliphatic heterocycles. The van der Waals surface area contributed by atoms with Crippen LogP contribution in [0.25, 0.3) is 0 Å². The maximum atomic E-state index is 11.7. The fraction of sp³-hybridized carbons (Fsp3) is 0.594. The van der Waals surface area contributed by atoms with E-state index in [1.165, 1.54) is 150 Å². The highest BCUT2D eigenvalue weighted by Crippen LogP contribution is 2.37. The fourth-order valence-corrected chi connectivity index (χ4v) is 16.3. The van der Waals surface area contributed by atoms with Gasteiger partial charge in [0.05, 0.1) is 80.9 Å². The van der Waals surface area contributed by atoms with Gasteiger partial charge < -0.3 is 75.9 Å². The number of nitrogens with zero attached hydrogens (tertiary/aromatic N) is 12. The van der Waals surface area contributed by atoms with Crippen molar-refractivity contribution in [1.82, 2.24) is 80.6 Å². The molecule has 9 N–H and O–H groups in total. The zero-order valence-corrected chi connectivity index (χ0v) is 83.3. The molecule has 6 aromatic rings. The number of halogens is 1. The Balaban J connectivity index is 0.000000276. The first kappa shape index (κ1) is 114. The highest BCUT2D eigenvalue weighted by atomic mass is 79.9. The van der Waals surface area contributed by atoms with Crippen LogP contribution in [0.5, 0.6) is 34.5 Å². The molecule has 133 heavy (non-hydrogen) atoms. The Morgan fingerprint density at radius 1 is 0.368 bits per heavy atom. The molecule has 0 spiro atoms. The van der Waals surface area contributed by atoms with Crippen LogP contribution in [0.1, 0.15) is 220 Å². The number of amides is 4. The van der Waals surface area contributed by atoms with Crippen molar-refractivity contribution in [3.63, 3.8) is 0 Å². The summed E-state index contributed by atoms with van der Waals surface area (Å²) in [7, 11) is 12.9. The molecule has 0 aliphatic carbocycles. The molecule has 12 heterocycles. The van der Waals surface area contributed by atoms with Gasteiger partial charge in [-0.2, -0.15) is 24.4 Å². The van der Waals surface area contributed by atoms with Crippen LogP contribution < -0.4 is 61.2 Å². The van der Waals surface area contributed by atoms with Crippen LogP contribution >= 0.6 is 40.3 Å². The number of pyridine rings is 6. The standard InChI is InChI=1S/C18H27N3O3S.C17H25N3O3.C15H23N3O2S.C14H21N3O2.2C12H19N3O.C5H8O3.C3H5BrO/c1-14(22)13-25-9-5-18(23)20-6-8-24-16-10-15(11-19-12-16)17-4-3-7-21(17)2;1-13(21)5-6-17(22)19-7-9-23-15-10-14(11-18-12-15)16-4-3-8-20(16)2;1-18-6-2-3-14(18)12-9-13(11-16-10-12)20-7-5-17-15(19)4-8-21;1-11(18)16-5-7-19-13-8-12(9-15-10-13)14-4-3-6-17(14)2;2*1-15-5-2-3-12(15)10-7-11(9-14-8-10)16-6-4-13;1-4(6)2-3-5(7)8;1-3(5)2-4/h10-12,17H,3-9,13H2,1-2H3,(H,20,23);10-12,16H,3-9H2,1-2H3,(H,19,22);9-11,14,21H,2-8H2,1H3,(H,17,19);8-10,14H,3-7H2,1-2H3,(H,16,18);2*7-9,12H,2-6,13H2,1H3;2-3H2,1H3,(H,7,8);2H2,1H3/t17-;16-;2*14-;2*12-;;/m000000../s1. The summed E-state index contributed by atoms with van der Waals surface area (Å²) in [4.78, 5) is 136. The number of alkyl halides is 1. The van der Waals surface area contributed by atoms with E-state index in [4.69, 9.17) is 45.0 Å². The number of ether oxygens (including phenoxy) is 6. The lowest BCUT2D eigenvalue weighted by Crippen LogP contribution is -2.28. The molecule has 12 rings (SSSR count). The first-order valence-electron chi connectivity index (χ1n) is 46.1. The first-order valence-corrected chi connectivity index (χ1v) is 49.0. The molecule has 4 amide bonds. The first-order chi connectivity index (χ1) is 64.0. The molecule has 736 valence electrons. The molecule has 0 unspecified atom stereocenters. The summed E-state index contributed by atoms with van der Waals surface area (Å²) in [5.41, 5.74) is 18.1. The topological polar surface area (TPSA) is 426 Å². The van der Waals surface area contributed by atoms with Gasteiger partial charge in [-0.1, -0.05) is 15.9 Å². The van der Waals surface area contributed by atoms with Crippen molar-refractivity contribution in [2.75, 3.05) is 183 Å². The lowest BCUT2D eigenvalue weighted by Gasteiger charge is -2.19. The van der Waals surface area contributed by atoms with Gasteiger partial charge in [0, 0.05) is 131 Å². The molecule has 0 bridgehead atoms. The second-order valence-electron chi connectivity index (χ2n) is 33.4. The maximum Gasteiger partial charge on any atom is 0.303 e. The summed E-state index contributed by atoms with van der Waals surface area (Å²) in [5.74, 6) is 5.50. The summed E-state index contributed by atoms with van der Waals surface area (Å²) in [5, 5.41) is 19.5. The van der Waals surface area contributed by atoms with Gasteiger partial charge in [0.25, 0.3) is 0 Å². The number of hydrogen-bond acceptors (Lipinski definition) is 31. The molecule has 6 atom stereocenters. The van der Waals surface area contributed by atoms with Crippen molar-refractivity contribution >= 4 is 93.1 Å². The number of carbonyl (C=O) groups is 9. The normalized spacial score (nSPS) is 18.0. The number of hydrogen-bond donors (Lipinski definition) is 8. The largest absolute Gasteiger partial charge is 0.491 e. The van der Waals surface area contributed by atoms with E-state index in [1.54, 1.807) is 44.1 Å². The van der Waals surface area contributed by atoms with E-state index in [-0.39, 0.29) is 72.4 Å². The van der Waals surface area contributed by atoms with Crippen LogP contribution in [0.3, 0.4) is 0 Å². The van der Waals surface area contributed by atoms with Gasteiger partial charge in [0.15, 0.2) is 0 Å². The Morgan fingerprint density at radius 3 is 0.827 bits per heavy atom. The molecule has 6 fully saturated rings. The van der Waals surface area contributed by atoms with Gasteiger partial charge in [-0.05, 0) is 262 Å². The zero-order valence-electron chi connectivity index (χ0n) is 80.0. The third-order valence-electron chi connectivity index (χ3n) is 22.1. The van der Waals surface area contributed by atoms with Crippen LogP contribution in [0.2, 0.25) is 0 Å². The second-order valence-corrected chi connectivity index (χ2v) is 35.5. The Labute approximate surface area is 805 Å². The summed E-state index contributed by atoms with van der Waals surface area (Å²) in [6.45, 7) is 20.1. The number of aromatic nitrogens is 6. The van der Waals surface area contributed by atoms with Gasteiger partial charge >= 0.3 is 5.97 Å². The lowest BCUT2D eigenvalue weighted by molar-refractivity contribution is -0.138. The molecule has 6 saturated heterocycles. The van der Waals surface area contributed by atoms with Crippen LogP contribution in [0.4, 0.5) is 0 Å². The summed E-state index contributed by atoms with van der Waals surface area (Å²) >= 11 is 8.47. The van der Waals surface area contributed by atoms with E-state index >= 15 is 0 Å². The van der Waals surface area contributed by atoms with Gasteiger partial charge in [0.2, 0.25) is 23.6 Å². The SMILES string of the molecule is CC(=O)CBr.CC(=O)CCC(=O)NCCOc1cncc([C@@H]2CCCN2C)c1.CC(=O)CCC(=O)O.CC(=O)CSCCC(=O)NCCOc1cncc([C@@H]2CCCN2C)c1.CC(=O)NCCOc1cncc([C@@H]2CCCN2C)c1.CN1CCC[C@H]1c1cncc(OCCN)c1.CN1CCC[C@H]1c1cncc(OCCN)c1.CN1CCC[C@H]1c1cncc(OCCNC(=O)CCS)c1. The fourth-order valence-electron chi connectivity index (χ4n) is 15.3. The molecule has 6 aliphatic rings. The van der Waals surface area contributed by atoms with Crippen molar-refractivity contribution < 1.29 is 76.7 Å². The maximum absolute atomic E-state index is 11.7. The molecule has 0 radical (unpaired) electrons. The molecular weight excluding hydrogens is 1810 g/mol. The Kier molecular flexibility index (Phi) is 57.4. The van der Waals surface area contributed by atoms with Gasteiger partial charge in [-0.3, -0.25) is 92.9 Å². The van der Waals surface area contributed by atoms with E-state index in [1.807, 2.05) is 55.4 Å². The van der Waals surface area contributed by atoms with E-state index in [9.17, 15) is 43.2 Å². The molecule has 37 heteroatoms. The number of nitrogens with one attached hydrogen (secondary N) is 4. The third kappa shape index (κ3) is 48.1.